The van der Waals surface area contributed by atoms with Crippen LogP contribution in [0.15, 0.2) is 59.1 Å². The number of aromatic nitrogens is 7. The van der Waals surface area contributed by atoms with Crippen LogP contribution in [0.5, 0.6) is 0 Å². The molecule has 0 spiro atoms. The molecule has 4 heterocycles. The summed E-state index contributed by atoms with van der Waals surface area (Å²) in [4.78, 5) is 38.2. The number of piperazine rings is 1. The van der Waals surface area contributed by atoms with Gasteiger partial charge in [-0.1, -0.05) is 30.3 Å². The molecule has 1 unspecified atom stereocenters. The normalized spacial score (nSPS) is 14.9. The monoisotopic (exact) mass is 576 g/mol. The van der Waals surface area contributed by atoms with Crippen molar-refractivity contribution in [2.24, 2.45) is 7.05 Å². The first-order valence-corrected chi connectivity index (χ1v) is 13.1. The molecule has 2 aromatic carbocycles. The van der Waals surface area contributed by atoms with Crippen LogP contribution in [0.1, 0.15) is 47.1 Å². The van der Waals surface area contributed by atoms with E-state index in [9.17, 15) is 18.4 Å². The number of oxazole rings is 1. The molecule has 15 heteroatoms. The number of imidazole rings is 1. The average molecular weight is 577 g/mol. The van der Waals surface area contributed by atoms with Crippen molar-refractivity contribution in [3.8, 4) is 6.01 Å². The maximum absolute atomic E-state index is 14.0. The highest BCUT2D eigenvalue weighted by atomic mass is 19.3. The van der Waals surface area contributed by atoms with E-state index in [1.165, 1.54) is 17.9 Å². The molecule has 1 aliphatic heterocycles. The third-order valence-electron chi connectivity index (χ3n) is 6.90. The number of aryl methyl sites for hydroxylation is 1. The molecule has 216 valence electrons. The molecule has 1 N–H and O–H groups in total. The van der Waals surface area contributed by atoms with Gasteiger partial charge in [-0.25, -0.2) is 13.8 Å². The van der Waals surface area contributed by atoms with E-state index in [0.29, 0.717) is 48.8 Å². The predicted octanol–water partition coefficient (Wildman–Crippen LogP) is 2.98. The van der Waals surface area contributed by atoms with E-state index in [0.717, 1.165) is 10.1 Å². The second-order valence-corrected chi connectivity index (χ2v) is 9.79. The third kappa shape index (κ3) is 5.33. The summed E-state index contributed by atoms with van der Waals surface area (Å²) < 4.78 is 34.7. The van der Waals surface area contributed by atoms with E-state index in [2.05, 4.69) is 35.6 Å². The Bertz CT molecular complexity index is 1740. The van der Waals surface area contributed by atoms with Crippen molar-refractivity contribution in [1.29, 1.82) is 0 Å². The summed E-state index contributed by atoms with van der Waals surface area (Å²) in [5.74, 6) is -0.860. The third-order valence-corrected chi connectivity index (χ3v) is 6.90. The minimum atomic E-state index is -2.99. The first-order valence-electron chi connectivity index (χ1n) is 13.1. The van der Waals surface area contributed by atoms with Crippen molar-refractivity contribution >= 4 is 28.6 Å². The second kappa shape index (κ2) is 11.1. The molecule has 42 heavy (non-hydrogen) atoms. The minimum absolute atomic E-state index is 0.143. The van der Waals surface area contributed by atoms with Crippen LogP contribution in [0.2, 0.25) is 0 Å². The zero-order chi connectivity index (χ0) is 29.4. The number of nitrogens with one attached hydrogen (secondary N) is 1. The van der Waals surface area contributed by atoms with E-state index in [-0.39, 0.29) is 23.7 Å². The van der Waals surface area contributed by atoms with Crippen LogP contribution in [0, 0.1) is 0 Å². The van der Waals surface area contributed by atoms with E-state index in [1.54, 1.807) is 30.1 Å². The van der Waals surface area contributed by atoms with E-state index < -0.39 is 18.2 Å². The summed E-state index contributed by atoms with van der Waals surface area (Å²) in [6.07, 6.45) is -1.77. The van der Waals surface area contributed by atoms with Gasteiger partial charge < -0.3 is 14.6 Å². The van der Waals surface area contributed by atoms with Gasteiger partial charge in [0.25, 0.3) is 12.3 Å². The molecule has 0 saturated carbocycles. The van der Waals surface area contributed by atoms with Crippen molar-refractivity contribution in [2.45, 2.75) is 19.4 Å². The van der Waals surface area contributed by atoms with Gasteiger partial charge in [0.15, 0.2) is 17.2 Å². The van der Waals surface area contributed by atoms with Gasteiger partial charge in [-0.05, 0) is 29.0 Å². The van der Waals surface area contributed by atoms with Crippen molar-refractivity contribution in [3.05, 3.63) is 77.6 Å². The van der Waals surface area contributed by atoms with Crippen molar-refractivity contribution in [3.63, 3.8) is 0 Å². The molecule has 0 radical (unpaired) electrons. The highest BCUT2D eigenvalue weighted by Crippen LogP contribution is 2.29. The Hall–Kier alpha value is -5.05. The van der Waals surface area contributed by atoms with Crippen LogP contribution in [0.25, 0.3) is 17.1 Å². The van der Waals surface area contributed by atoms with Crippen LogP contribution in [0.4, 0.5) is 14.5 Å². The highest BCUT2D eigenvalue weighted by molar-refractivity contribution is 5.93. The Kier molecular flexibility index (Phi) is 7.16. The Morgan fingerprint density at radius 1 is 1.02 bits per heavy atom. The standard InChI is InChI=1S/C27H26F2N10O3/c1-16(40)30-18-8-9-21-19(14-18)32-27(42-21)39-15-20(31-25(39)23(28)29)26(41)38-12-10-37(11-13-38)22(17-6-4-3-5-7-17)24-33-35-36(2)34-24/h3-9,14-15,22-23H,10-13H2,1-2H3,(H,30,40). The fraction of sp³-hybridized carbons (Fsp3) is 0.296. The lowest BCUT2D eigenvalue weighted by atomic mass is 10.0. The van der Waals surface area contributed by atoms with Gasteiger partial charge in [-0.2, -0.15) is 9.78 Å². The first kappa shape index (κ1) is 27.1. The number of benzene rings is 2. The number of nitrogens with zero attached hydrogens (tertiary/aromatic N) is 9. The van der Waals surface area contributed by atoms with Gasteiger partial charge in [0, 0.05) is 45.0 Å². The van der Waals surface area contributed by atoms with Gasteiger partial charge in [0.05, 0.1) is 13.1 Å². The lowest BCUT2D eigenvalue weighted by Gasteiger charge is -2.38. The Labute approximate surface area is 237 Å². The van der Waals surface area contributed by atoms with Gasteiger partial charge in [-0.15, -0.1) is 10.2 Å². The number of anilines is 1. The van der Waals surface area contributed by atoms with E-state index in [4.69, 9.17) is 4.42 Å². The van der Waals surface area contributed by atoms with Gasteiger partial charge in [0.1, 0.15) is 11.2 Å². The fourth-order valence-corrected chi connectivity index (χ4v) is 5.02. The summed E-state index contributed by atoms with van der Waals surface area (Å²) in [5, 5.41) is 15.3. The number of carbonyl (C=O) groups excluding carboxylic acids is 2. The molecular weight excluding hydrogens is 550 g/mol. The summed E-state index contributed by atoms with van der Waals surface area (Å²) in [7, 11) is 1.70. The second-order valence-electron chi connectivity index (χ2n) is 9.79. The zero-order valence-electron chi connectivity index (χ0n) is 22.7. The van der Waals surface area contributed by atoms with Crippen LogP contribution < -0.4 is 5.32 Å². The quantitative estimate of drug-likeness (QED) is 0.310. The molecule has 1 atom stereocenters. The number of fused-ring (bicyclic) bond motifs is 1. The van der Waals surface area contributed by atoms with E-state index in [1.807, 2.05) is 30.3 Å². The number of carbonyl (C=O) groups is 2. The minimum Gasteiger partial charge on any atom is -0.423 e. The van der Waals surface area contributed by atoms with Crippen molar-refractivity contribution in [2.75, 3.05) is 31.5 Å². The molecule has 6 rings (SSSR count). The molecule has 1 fully saturated rings. The molecular formula is C27H26F2N10O3. The van der Waals surface area contributed by atoms with Crippen LogP contribution in [-0.4, -0.2) is 82.5 Å². The molecule has 1 saturated heterocycles. The van der Waals surface area contributed by atoms with Crippen LogP contribution >= 0.6 is 0 Å². The zero-order valence-corrected chi connectivity index (χ0v) is 22.7. The van der Waals surface area contributed by atoms with E-state index >= 15 is 0 Å². The number of hydrogen-bond donors (Lipinski definition) is 1. The number of tetrazole rings is 1. The Morgan fingerprint density at radius 2 is 1.79 bits per heavy atom. The number of alkyl halides is 2. The summed E-state index contributed by atoms with van der Waals surface area (Å²) in [6, 6.07) is 14.1. The van der Waals surface area contributed by atoms with Gasteiger partial charge in [0.2, 0.25) is 5.91 Å². The number of amides is 2. The number of halogens is 2. The molecule has 1 aliphatic rings. The first-order chi connectivity index (χ1) is 20.3. The fourth-order valence-electron chi connectivity index (χ4n) is 5.02. The van der Waals surface area contributed by atoms with Crippen LogP contribution in [0.3, 0.4) is 0 Å². The number of hydrogen-bond acceptors (Lipinski definition) is 9. The molecule has 3 aromatic heterocycles. The largest absolute Gasteiger partial charge is 0.423 e. The molecule has 13 nitrogen and oxygen atoms in total. The lowest BCUT2D eigenvalue weighted by molar-refractivity contribution is -0.114. The Balaban J connectivity index is 1.22. The maximum Gasteiger partial charge on any atom is 0.308 e. The Morgan fingerprint density at radius 3 is 2.45 bits per heavy atom. The lowest BCUT2D eigenvalue weighted by Crippen LogP contribution is -2.50. The van der Waals surface area contributed by atoms with Crippen molar-refractivity contribution in [1.82, 2.24) is 44.5 Å². The number of rotatable bonds is 7. The molecule has 2 amide bonds. The highest BCUT2D eigenvalue weighted by Gasteiger charge is 2.33. The molecule has 0 aliphatic carbocycles. The maximum atomic E-state index is 14.0. The summed E-state index contributed by atoms with van der Waals surface area (Å²) >= 11 is 0. The smallest absolute Gasteiger partial charge is 0.308 e. The van der Waals surface area contributed by atoms with Gasteiger partial charge in [-0.3, -0.25) is 19.1 Å². The summed E-state index contributed by atoms with van der Waals surface area (Å²) in [6.45, 7) is 3.04. The molecule has 5 aromatic rings. The van der Waals surface area contributed by atoms with Crippen LogP contribution in [-0.2, 0) is 11.8 Å². The SMILES string of the molecule is CC(=O)Nc1ccc2oc(-n3cc(C(=O)N4CCN(C(c5ccccc5)c5nnn(C)n5)CC4)nc3C(F)F)nc2c1. The average Bonchev–Trinajstić information content (AvgIpc) is 3.71. The van der Waals surface area contributed by atoms with Gasteiger partial charge >= 0.3 is 6.01 Å². The molecule has 0 bridgehead atoms. The van der Waals surface area contributed by atoms with Crippen molar-refractivity contribution < 1.29 is 22.8 Å². The summed E-state index contributed by atoms with van der Waals surface area (Å²) in [5.41, 5.74) is 2.00. The topological polar surface area (TPSA) is 140 Å². The predicted molar refractivity (Wildman–Crippen MR) is 145 cm³/mol.